The molecule has 3 unspecified atom stereocenters. The quantitative estimate of drug-likeness (QED) is 0.450. The first-order chi connectivity index (χ1) is 19.2. The van der Waals surface area contributed by atoms with E-state index in [9.17, 15) is 27.3 Å². The van der Waals surface area contributed by atoms with E-state index >= 15 is 0 Å². The molecule has 0 spiro atoms. The second kappa shape index (κ2) is 11.0. The van der Waals surface area contributed by atoms with Gasteiger partial charge in [-0.05, 0) is 55.7 Å². The first-order valence-electron chi connectivity index (χ1n) is 12.9. The lowest BCUT2D eigenvalue weighted by molar-refractivity contribution is -0.128. The number of nitrogens with one attached hydrogen (secondary N) is 3. The highest BCUT2D eigenvalue weighted by atomic mass is 32.2. The summed E-state index contributed by atoms with van der Waals surface area (Å²) < 4.78 is 49.4. The van der Waals surface area contributed by atoms with E-state index in [0.29, 0.717) is 50.1 Å². The summed E-state index contributed by atoms with van der Waals surface area (Å²) in [4.78, 5) is 19.1. The van der Waals surface area contributed by atoms with Crippen molar-refractivity contribution in [2.24, 2.45) is 5.92 Å². The van der Waals surface area contributed by atoms with Gasteiger partial charge in [0.25, 0.3) is 0 Å². The molecule has 0 bridgehead atoms. The Morgan fingerprint density at radius 2 is 1.88 bits per heavy atom. The Bertz CT molecular complexity index is 1430. The van der Waals surface area contributed by atoms with Gasteiger partial charge in [-0.15, -0.1) is 0 Å². The number of rotatable bonds is 7. The van der Waals surface area contributed by atoms with Gasteiger partial charge in [0.1, 0.15) is 18.1 Å². The van der Waals surface area contributed by atoms with Crippen LogP contribution in [0.25, 0.3) is 0 Å². The van der Waals surface area contributed by atoms with E-state index in [4.69, 9.17) is 5.26 Å². The molecule has 210 valence electrons. The van der Waals surface area contributed by atoms with E-state index in [0.717, 1.165) is 18.0 Å². The number of benzene rings is 1. The fourth-order valence-electron chi connectivity index (χ4n) is 5.88. The molecule has 3 atom stereocenters. The number of sulfone groups is 1. The van der Waals surface area contributed by atoms with Crippen molar-refractivity contribution >= 4 is 27.2 Å². The van der Waals surface area contributed by atoms with Crippen molar-refractivity contribution in [1.29, 1.82) is 10.5 Å². The highest BCUT2D eigenvalue weighted by molar-refractivity contribution is 7.91. The molecule has 1 aromatic heterocycles. The Hall–Kier alpha value is -3.85. The number of hydrogen-bond donors (Lipinski definition) is 3. The number of alkyl halides is 2. The number of carbonyl (C=O) groups is 1. The van der Waals surface area contributed by atoms with Crippen molar-refractivity contribution in [3.63, 3.8) is 0 Å². The third-order valence-corrected chi connectivity index (χ3v) is 9.38. The zero-order valence-corrected chi connectivity index (χ0v) is 22.2. The number of hydrazine groups is 1. The lowest BCUT2D eigenvalue weighted by Crippen LogP contribution is -2.62. The molecule has 14 heteroatoms. The summed E-state index contributed by atoms with van der Waals surface area (Å²) in [5.74, 6) is -3.41. The highest BCUT2D eigenvalue weighted by Crippen LogP contribution is 2.41. The predicted molar refractivity (Wildman–Crippen MR) is 140 cm³/mol. The Morgan fingerprint density at radius 1 is 1.15 bits per heavy atom. The number of amides is 1. The summed E-state index contributed by atoms with van der Waals surface area (Å²) in [7, 11) is -4.72. The normalized spacial score (nSPS) is 24.6. The van der Waals surface area contributed by atoms with Crippen molar-refractivity contribution in [2.45, 2.75) is 54.1 Å². The molecule has 40 heavy (non-hydrogen) atoms. The maximum absolute atomic E-state index is 13.0. The number of hydrogen-bond acceptors (Lipinski definition) is 10. The van der Waals surface area contributed by atoms with E-state index in [2.05, 4.69) is 43.1 Å². The predicted octanol–water partition coefficient (Wildman–Crippen LogP) is 1.97. The van der Waals surface area contributed by atoms with Gasteiger partial charge in [0.2, 0.25) is 15.7 Å². The van der Waals surface area contributed by atoms with Gasteiger partial charge in [0.15, 0.2) is 0 Å². The van der Waals surface area contributed by atoms with Gasteiger partial charge < -0.3 is 15.5 Å². The van der Waals surface area contributed by atoms with Crippen molar-refractivity contribution in [1.82, 2.24) is 20.7 Å². The third-order valence-electron chi connectivity index (χ3n) is 7.98. The molecule has 3 aliphatic heterocycles. The average molecular weight is 571 g/mol. The van der Waals surface area contributed by atoms with Gasteiger partial charge in [-0.1, -0.05) is 0 Å². The van der Waals surface area contributed by atoms with E-state index in [1.807, 2.05) is 6.07 Å². The van der Waals surface area contributed by atoms with Gasteiger partial charge in [-0.3, -0.25) is 4.79 Å². The Labute approximate surface area is 230 Å². The van der Waals surface area contributed by atoms with Gasteiger partial charge in [-0.2, -0.15) is 19.3 Å². The fourth-order valence-corrected chi connectivity index (χ4v) is 6.60. The van der Waals surface area contributed by atoms with Gasteiger partial charge in [0.05, 0.1) is 34.4 Å². The van der Waals surface area contributed by atoms with Crippen LogP contribution in [0.2, 0.25) is 0 Å². The molecule has 0 aliphatic carbocycles. The minimum atomic E-state index is -4.72. The topological polar surface area (TPSA) is 154 Å². The molecule has 2 aromatic rings. The van der Waals surface area contributed by atoms with E-state index in [1.165, 1.54) is 18.3 Å². The van der Waals surface area contributed by atoms with Crippen LogP contribution in [0.5, 0.6) is 0 Å². The number of fused-ring (bicyclic) bond motifs is 1. The number of nitrogens with zero attached hydrogens (tertiary/aromatic N) is 5. The minimum absolute atomic E-state index is 0.146. The molecule has 3 aliphatic rings. The summed E-state index contributed by atoms with van der Waals surface area (Å²) in [6.07, 6.45) is 3.13. The average Bonchev–Trinajstić information content (AvgIpc) is 3.34. The van der Waals surface area contributed by atoms with Crippen LogP contribution in [-0.4, -0.2) is 67.5 Å². The van der Waals surface area contributed by atoms with Crippen molar-refractivity contribution in [3.05, 3.63) is 48.2 Å². The molecular formula is C26H28F2N8O3S. The highest BCUT2D eigenvalue weighted by Gasteiger charge is 2.55. The molecule has 0 saturated carbocycles. The largest absolute Gasteiger partial charge is 0.368 e. The lowest BCUT2D eigenvalue weighted by Gasteiger charge is -2.49. The number of carbonyl (C=O) groups excluding carboxylic acids is 1. The zero-order chi connectivity index (χ0) is 28.5. The summed E-state index contributed by atoms with van der Waals surface area (Å²) in [5.41, 5.74) is 3.83. The SMILES string of the molecule is N#CCC1(N2NC(Nc3ccc(S(=O)(=O)C(F)F)cc3)C3C(=O)NCCC32)CCN(c2ccc(C#N)cn2)CC1. The molecule has 1 amide bonds. The minimum Gasteiger partial charge on any atom is -0.368 e. The van der Waals surface area contributed by atoms with Crippen LogP contribution in [-0.2, 0) is 14.6 Å². The van der Waals surface area contributed by atoms with Crippen LogP contribution in [0.1, 0.15) is 31.2 Å². The smallest absolute Gasteiger partial charge is 0.341 e. The molecule has 0 radical (unpaired) electrons. The molecule has 3 fully saturated rings. The molecule has 4 heterocycles. The number of nitriles is 2. The van der Waals surface area contributed by atoms with Crippen molar-refractivity contribution < 1.29 is 22.0 Å². The van der Waals surface area contributed by atoms with Gasteiger partial charge in [-0.25, -0.2) is 23.8 Å². The van der Waals surface area contributed by atoms with Gasteiger partial charge >= 0.3 is 5.76 Å². The van der Waals surface area contributed by atoms with Crippen molar-refractivity contribution in [2.75, 3.05) is 29.9 Å². The summed E-state index contributed by atoms with van der Waals surface area (Å²) in [5, 5.41) is 27.1. The third kappa shape index (κ3) is 5.06. The number of aromatic nitrogens is 1. The summed E-state index contributed by atoms with van der Waals surface area (Å²) in [6.45, 7) is 1.75. The first kappa shape index (κ1) is 27.7. The Morgan fingerprint density at radius 3 is 2.48 bits per heavy atom. The number of piperidine rings is 2. The maximum Gasteiger partial charge on any atom is 0.341 e. The van der Waals surface area contributed by atoms with Crippen LogP contribution in [0.15, 0.2) is 47.5 Å². The van der Waals surface area contributed by atoms with Crippen LogP contribution < -0.4 is 21.0 Å². The maximum atomic E-state index is 13.0. The first-order valence-corrected chi connectivity index (χ1v) is 14.4. The molecule has 3 N–H and O–H groups in total. The molecule has 1 aromatic carbocycles. The van der Waals surface area contributed by atoms with E-state index in [-0.39, 0.29) is 18.4 Å². The fraction of sp³-hybridized carbons (Fsp3) is 0.462. The second-order valence-corrected chi connectivity index (χ2v) is 12.1. The van der Waals surface area contributed by atoms with Crippen LogP contribution >= 0.6 is 0 Å². The molecule has 11 nitrogen and oxygen atoms in total. The standard InChI is InChI=1S/C26H28F2N8O3S/c27-25(28)40(38,39)19-4-2-18(3-5-19)33-23-22-20(7-12-31-24(22)37)36(34-23)26(8-11-29)9-13-35(14-10-26)21-6-1-17(15-30)16-32-21/h1-6,16,20,22-23,25,33-34H,7-10,12-14H2,(H,31,37). The lowest BCUT2D eigenvalue weighted by atomic mass is 9.81. The molecule has 3 saturated heterocycles. The van der Waals surface area contributed by atoms with Crippen molar-refractivity contribution in [3.8, 4) is 12.1 Å². The van der Waals surface area contributed by atoms with Gasteiger partial charge in [0, 0.05) is 37.6 Å². The van der Waals surface area contributed by atoms with Crippen LogP contribution in [0.4, 0.5) is 20.3 Å². The monoisotopic (exact) mass is 570 g/mol. The summed E-state index contributed by atoms with van der Waals surface area (Å²) >= 11 is 0. The van der Waals surface area contributed by atoms with Crippen LogP contribution in [0.3, 0.4) is 0 Å². The Kier molecular flexibility index (Phi) is 7.59. The number of anilines is 2. The van der Waals surface area contributed by atoms with Crippen LogP contribution in [0, 0.1) is 28.6 Å². The summed E-state index contributed by atoms with van der Waals surface area (Å²) in [6, 6.07) is 12.7. The molecular weight excluding hydrogens is 542 g/mol. The Balaban J connectivity index is 1.36. The molecule has 5 rings (SSSR count). The van der Waals surface area contributed by atoms with E-state index in [1.54, 1.807) is 6.07 Å². The second-order valence-electron chi connectivity index (χ2n) is 10.2. The zero-order valence-electron chi connectivity index (χ0n) is 21.4. The van der Waals surface area contributed by atoms with E-state index < -0.39 is 38.1 Å². The number of pyridine rings is 1. The number of halogens is 2.